The normalized spacial score (nSPS) is 28.9. The molecule has 0 bridgehead atoms. The summed E-state index contributed by atoms with van der Waals surface area (Å²) in [5.74, 6) is 1.17. The van der Waals surface area contributed by atoms with Crippen LogP contribution in [0.4, 0.5) is 0 Å². The van der Waals surface area contributed by atoms with E-state index in [1.54, 1.807) is 0 Å². The van der Waals surface area contributed by atoms with Crippen molar-refractivity contribution in [2.45, 2.75) is 39.0 Å². The molecule has 0 saturated carbocycles. The predicted molar refractivity (Wildman–Crippen MR) is 82.7 cm³/mol. The number of amides is 1. The van der Waals surface area contributed by atoms with Crippen LogP contribution in [0.3, 0.4) is 0 Å². The molecule has 0 radical (unpaired) electrons. The first-order valence-corrected chi connectivity index (χ1v) is 8.22. The Kier molecular flexibility index (Phi) is 5.44. The smallest absolute Gasteiger partial charge is 0.230 e. The summed E-state index contributed by atoms with van der Waals surface area (Å²) >= 11 is 0. The molecule has 1 amide bonds. The van der Waals surface area contributed by atoms with Crippen molar-refractivity contribution < 1.29 is 4.79 Å². The molecule has 4 heteroatoms. The number of rotatable bonds is 4. The van der Waals surface area contributed by atoms with Crippen molar-refractivity contribution in [3.63, 3.8) is 0 Å². The van der Waals surface area contributed by atoms with Gasteiger partial charge in [-0.15, -0.1) is 0 Å². The standard InChI is InChI=1S/C16H31N3O/c1-4-16(8-5-9-17-13-16)15(20)19-10-6-14(7-11-19)12-18(2)3/h14,17H,4-13H2,1-3H3. The minimum atomic E-state index is -0.118. The van der Waals surface area contributed by atoms with Crippen molar-refractivity contribution in [1.82, 2.24) is 15.1 Å². The highest BCUT2D eigenvalue weighted by Crippen LogP contribution is 2.33. The molecule has 0 aromatic carbocycles. The van der Waals surface area contributed by atoms with Gasteiger partial charge in [0.25, 0.3) is 0 Å². The minimum absolute atomic E-state index is 0.118. The molecule has 2 fully saturated rings. The zero-order valence-electron chi connectivity index (χ0n) is 13.5. The molecular weight excluding hydrogens is 250 g/mol. The maximum atomic E-state index is 12.9. The van der Waals surface area contributed by atoms with Crippen LogP contribution < -0.4 is 5.32 Å². The largest absolute Gasteiger partial charge is 0.342 e. The van der Waals surface area contributed by atoms with Gasteiger partial charge in [-0.05, 0) is 58.7 Å². The molecule has 0 aromatic rings. The molecule has 20 heavy (non-hydrogen) atoms. The number of hydrogen-bond donors (Lipinski definition) is 1. The van der Waals surface area contributed by atoms with Crippen LogP contribution in [-0.4, -0.2) is 62.5 Å². The molecule has 1 N–H and O–H groups in total. The fourth-order valence-electron chi connectivity index (χ4n) is 3.77. The van der Waals surface area contributed by atoms with Crippen molar-refractivity contribution in [2.24, 2.45) is 11.3 Å². The molecule has 0 spiro atoms. The van der Waals surface area contributed by atoms with Crippen LogP contribution in [0.2, 0.25) is 0 Å². The summed E-state index contributed by atoms with van der Waals surface area (Å²) in [6, 6.07) is 0. The van der Waals surface area contributed by atoms with Gasteiger partial charge in [0, 0.05) is 26.2 Å². The quantitative estimate of drug-likeness (QED) is 0.849. The second-order valence-corrected chi connectivity index (χ2v) is 6.91. The predicted octanol–water partition coefficient (Wildman–Crippen LogP) is 1.57. The average Bonchev–Trinajstić information content (AvgIpc) is 2.47. The molecule has 116 valence electrons. The zero-order valence-corrected chi connectivity index (χ0v) is 13.5. The van der Waals surface area contributed by atoms with Crippen molar-refractivity contribution in [3.05, 3.63) is 0 Å². The highest BCUT2D eigenvalue weighted by atomic mass is 16.2. The van der Waals surface area contributed by atoms with Crippen molar-refractivity contribution in [2.75, 3.05) is 46.8 Å². The second kappa shape index (κ2) is 6.90. The van der Waals surface area contributed by atoms with E-state index < -0.39 is 0 Å². The Balaban J connectivity index is 1.90. The van der Waals surface area contributed by atoms with E-state index in [9.17, 15) is 4.79 Å². The van der Waals surface area contributed by atoms with Gasteiger partial charge in [-0.2, -0.15) is 0 Å². The molecule has 1 unspecified atom stereocenters. The van der Waals surface area contributed by atoms with Gasteiger partial charge in [-0.1, -0.05) is 6.92 Å². The zero-order chi connectivity index (χ0) is 14.6. The SMILES string of the molecule is CCC1(C(=O)N2CCC(CN(C)C)CC2)CCCNC1. The van der Waals surface area contributed by atoms with E-state index in [0.717, 1.165) is 70.7 Å². The van der Waals surface area contributed by atoms with Gasteiger partial charge < -0.3 is 15.1 Å². The minimum Gasteiger partial charge on any atom is -0.342 e. The average molecular weight is 281 g/mol. The highest BCUT2D eigenvalue weighted by molar-refractivity contribution is 5.83. The summed E-state index contributed by atoms with van der Waals surface area (Å²) in [6.07, 6.45) is 5.49. The van der Waals surface area contributed by atoms with Gasteiger partial charge in [0.15, 0.2) is 0 Å². The molecule has 4 nitrogen and oxygen atoms in total. The van der Waals surface area contributed by atoms with Gasteiger partial charge >= 0.3 is 0 Å². The number of nitrogens with zero attached hydrogens (tertiary/aromatic N) is 2. The van der Waals surface area contributed by atoms with Gasteiger partial charge in [-0.25, -0.2) is 0 Å². The summed E-state index contributed by atoms with van der Waals surface area (Å²) in [6.45, 7) is 7.18. The molecule has 1 atom stereocenters. The summed E-state index contributed by atoms with van der Waals surface area (Å²) in [7, 11) is 4.27. The Bertz CT molecular complexity index is 316. The van der Waals surface area contributed by atoms with Crippen LogP contribution in [0.25, 0.3) is 0 Å². The molecule has 0 aliphatic carbocycles. The van der Waals surface area contributed by atoms with Crippen LogP contribution >= 0.6 is 0 Å². The van der Waals surface area contributed by atoms with E-state index in [1.165, 1.54) is 0 Å². The number of carbonyl (C=O) groups is 1. The summed E-state index contributed by atoms with van der Waals surface area (Å²) in [5, 5.41) is 3.43. The molecular formula is C16H31N3O. The Morgan fingerprint density at radius 2 is 2.05 bits per heavy atom. The third-order valence-electron chi connectivity index (χ3n) is 5.13. The third-order valence-corrected chi connectivity index (χ3v) is 5.13. The molecule has 2 rings (SSSR count). The maximum Gasteiger partial charge on any atom is 0.230 e. The van der Waals surface area contributed by atoms with E-state index in [2.05, 4.69) is 36.1 Å². The first-order valence-electron chi connectivity index (χ1n) is 8.22. The van der Waals surface area contributed by atoms with E-state index in [-0.39, 0.29) is 5.41 Å². The molecule has 2 aliphatic rings. The Hall–Kier alpha value is -0.610. The van der Waals surface area contributed by atoms with Gasteiger partial charge in [-0.3, -0.25) is 4.79 Å². The summed E-state index contributed by atoms with van der Waals surface area (Å²) in [4.78, 5) is 17.3. The Morgan fingerprint density at radius 3 is 2.55 bits per heavy atom. The fourth-order valence-corrected chi connectivity index (χ4v) is 3.77. The number of carbonyl (C=O) groups excluding carboxylic acids is 1. The van der Waals surface area contributed by atoms with Gasteiger partial charge in [0.1, 0.15) is 0 Å². The lowest BCUT2D eigenvalue weighted by Gasteiger charge is -2.42. The van der Waals surface area contributed by atoms with Gasteiger partial charge in [0.2, 0.25) is 5.91 Å². The number of hydrogen-bond acceptors (Lipinski definition) is 3. The lowest BCUT2D eigenvalue weighted by Crippen LogP contribution is -2.53. The highest BCUT2D eigenvalue weighted by Gasteiger charge is 2.41. The Morgan fingerprint density at radius 1 is 1.35 bits per heavy atom. The lowest BCUT2D eigenvalue weighted by atomic mass is 9.76. The lowest BCUT2D eigenvalue weighted by molar-refractivity contribution is -0.145. The first kappa shape index (κ1) is 15.8. The molecule has 2 heterocycles. The van der Waals surface area contributed by atoms with E-state index in [0.29, 0.717) is 5.91 Å². The van der Waals surface area contributed by atoms with Crippen molar-refractivity contribution >= 4 is 5.91 Å². The molecule has 0 aromatic heterocycles. The topological polar surface area (TPSA) is 35.6 Å². The van der Waals surface area contributed by atoms with E-state index in [1.807, 2.05) is 0 Å². The van der Waals surface area contributed by atoms with Crippen LogP contribution in [0, 0.1) is 11.3 Å². The van der Waals surface area contributed by atoms with Crippen molar-refractivity contribution in [1.29, 1.82) is 0 Å². The van der Waals surface area contributed by atoms with Crippen LogP contribution in [-0.2, 0) is 4.79 Å². The second-order valence-electron chi connectivity index (χ2n) is 6.91. The maximum absolute atomic E-state index is 12.9. The molecule has 2 aliphatic heterocycles. The monoisotopic (exact) mass is 281 g/mol. The van der Waals surface area contributed by atoms with Crippen LogP contribution in [0.1, 0.15) is 39.0 Å². The fraction of sp³-hybridized carbons (Fsp3) is 0.938. The Labute approximate surface area is 123 Å². The van der Waals surface area contributed by atoms with Crippen LogP contribution in [0.15, 0.2) is 0 Å². The number of likely N-dealkylation sites (tertiary alicyclic amines) is 1. The molecule has 2 saturated heterocycles. The number of nitrogens with one attached hydrogen (secondary N) is 1. The van der Waals surface area contributed by atoms with Gasteiger partial charge in [0.05, 0.1) is 5.41 Å². The van der Waals surface area contributed by atoms with Crippen LogP contribution in [0.5, 0.6) is 0 Å². The summed E-state index contributed by atoms with van der Waals surface area (Å²) < 4.78 is 0. The van der Waals surface area contributed by atoms with E-state index in [4.69, 9.17) is 0 Å². The number of piperidine rings is 2. The van der Waals surface area contributed by atoms with Crippen molar-refractivity contribution in [3.8, 4) is 0 Å². The first-order chi connectivity index (χ1) is 9.57. The van der Waals surface area contributed by atoms with E-state index >= 15 is 0 Å². The summed E-state index contributed by atoms with van der Waals surface area (Å²) in [5.41, 5.74) is -0.118. The third kappa shape index (κ3) is 3.53.